The Balaban J connectivity index is 1.80. The molecular weight excluding hydrogens is 400 g/mol. The lowest BCUT2D eigenvalue weighted by molar-refractivity contribution is -0.127. The summed E-state index contributed by atoms with van der Waals surface area (Å²) >= 11 is 0. The molecule has 1 aliphatic heterocycles. The van der Waals surface area contributed by atoms with E-state index >= 15 is 0 Å². The van der Waals surface area contributed by atoms with E-state index in [1.54, 1.807) is 9.58 Å². The van der Waals surface area contributed by atoms with Gasteiger partial charge in [0, 0.05) is 17.1 Å². The minimum absolute atomic E-state index is 0.101. The maximum absolute atomic E-state index is 13.9. The van der Waals surface area contributed by atoms with Crippen LogP contribution in [0.25, 0.3) is 0 Å². The van der Waals surface area contributed by atoms with E-state index in [0.29, 0.717) is 12.2 Å². The van der Waals surface area contributed by atoms with Crippen LogP contribution in [0.1, 0.15) is 87.1 Å². The predicted molar refractivity (Wildman–Crippen MR) is 127 cm³/mol. The molecule has 4 rings (SSSR count). The summed E-state index contributed by atoms with van der Waals surface area (Å²) < 4.78 is 1.74. The van der Waals surface area contributed by atoms with Gasteiger partial charge < -0.3 is 5.32 Å². The second-order valence-electron chi connectivity index (χ2n) is 10.8. The van der Waals surface area contributed by atoms with Crippen LogP contribution in [-0.4, -0.2) is 33.2 Å². The second-order valence-corrected chi connectivity index (χ2v) is 10.8. The van der Waals surface area contributed by atoms with E-state index in [9.17, 15) is 9.59 Å². The molecule has 0 unspecified atom stereocenters. The summed E-state index contributed by atoms with van der Waals surface area (Å²) in [5.74, 6) is -0.274. The first-order chi connectivity index (χ1) is 15.0. The Kier molecular flexibility index (Phi) is 5.68. The van der Waals surface area contributed by atoms with Crippen molar-refractivity contribution in [1.29, 1.82) is 0 Å². The summed E-state index contributed by atoms with van der Waals surface area (Å²) in [6, 6.07) is 8.09. The monoisotopic (exact) mass is 436 g/mol. The van der Waals surface area contributed by atoms with Crippen molar-refractivity contribution in [3.63, 3.8) is 0 Å². The molecule has 32 heavy (non-hydrogen) atoms. The lowest BCUT2D eigenvalue weighted by atomic mass is 9.90. The average Bonchev–Trinajstić information content (AvgIpc) is 3.15. The molecule has 172 valence electrons. The van der Waals surface area contributed by atoms with Gasteiger partial charge in [-0.15, -0.1) is 0 Å². The molecule has 2 heterocycles. The second kappa shape index (κ2) is 8.05. The molecule has 0 spiro atoms. The summed E-state index contributed by atoms with van der Waals surface area (Å²) in [6.07, 6.45) is 5.50. The smallest absolute Gasteiger partial charge is 0.277 e. The van der Waals surface area contributed by atoms with Gasteiger partial charge in [-0.1, -0.05) is 57.7 Å². The van der Waals surface area contributed by atoms with Crippen LogP contribution in [-0.2, 0) is 16.8 Å². The number of rotatable bonds is 3. The SMILES string of the molecule is Cc1ccc(N2C(=O)c3cc(C(C)(C)C)nn3C[C@]2(C)C(=O)NC2CCCCC2)c(C)c1. The van der Waals surface area contributed by atoms with Crippen LogP contribution < -0.4 is 10.2 Å². The maximum atomic E-state index is 13.9. The first kappa shape index (κ1) is 22.6. The summed E-state index contributed by atoms with van der Waals surface area (Å²) in [5, 5.41) is 8.03. The van der Waals surface area contributed by atoms with Gasteiger partial charge in [0.1, 0.15) is 11.2 Å². The molecule has 1 N–H and O–H groups in total. The van der Waals surface area contributed by atoms with Gasteiger partial charge in [0.2, 0.25) is 5.91 Å². The number of nitrogens with one attached hydrogen (secondary N) is 1. The number of nitrogens with zero attached hydrogens (tertiary/aromatic N) is 3. The fraction of sp³-hybridized carbons (Fsp3) is 0.577. The van der Waals surface area contributed by atoms with Crippen molar-refractivity contribution in [2.45, 2.75) is 97.2 Å². The largest absolute Gasteiger partial charge is 0.351 e. The summed E-state index contributed by atoms with van der Waals surface area (Å²) in [6.45, 7) is 12.5. The Morgan fingerprint density at radius 3 is 2.44 bits per heavy atom. The van der Waals surface area contributed by atoms with E-state index in [4.69, 9.17) is 5.10 Å². The molecule has 0 saturated heterocycles. The van der Waals surface area contributed by atoms with Gasteiger partial charge in [0.05, 0.1) is 12.2 Å². The number of benzene rings is 1. The van der Waals surface area contributed by atoms with Gasteiger partial charge >= 0.3 is 0 Å². The van der Waals surface area contributed by atoms with E-state index in [1.165, 1.54) is 6.42 Å². The number of carbonyl (C=O) groups excluding carboxylic acids is 2. The van der Waals surface area contributed by atoms with Gasteiger partial charge in [-0.05, 0) is 51.3 Å². The first-order valence-electron chi connectivity index (χ1n) is 11.8. The normalized spacial score (nSPS) is 22.1. The molecule has 6 heteroatoms. The zero-order chi connectivity index (χ0) is 23.3. The van der Waals surface area contributed by atoms with Crippen molar-refractivity contribution in [1.82, 2.24) is 15.1 Å². The summed E-state index contributed by atoms with van der Waals surface area (Å²) in [5.41, 5.74) is 3.05. The van der Waals surface area contributed by atoms with Crippen LogP contribution in [0.15, 0.2) is 24.3 Å². The number of aryl methyl sites for hydroxylation is 2. The van der Waals surface area contributed by atoms with Gasteiger partial charge in [-0.2, -0.15) is 5.10 Å². The van der Waals surface area contributed by atoms with Crippen molar-refractivity contribution in [3.8, 4) is 0 Å². The molecule has 1 aromatic heterocycles. The highest BCUT2D eigenvalue weighted by atomic mass is 16.2. The molecule has 6 nitrogen and oxygen atoms in total. The van der Waals surface area contributed by atoms with Crippen molar-refractivity contribution >= 4 is 17.5 Å². The predicted octanol–water partition coefficient (Wildman–Crippen LogP) is 4.67. The van der Waals surface area contributed by atoms with Crippen molar-refractivity contribution < 1.29 is 9.59 Å². The fourth-order valence-electron chi connectivity index (χ4n) is 4.97. The number of hydrogen-bond acceptors (Lipinski definition) is 3. The van der Waals surface area contributed by atoms with E-state index in [1.807, 2.05) is 39.0 Å². The van der Waals surface area contributed by atoms with Gasteiger partial charge in [0.15, 0.2) is 0 Å². The Bertz CT molecular complexity index is 1040. The molecule has 1 atom stereocenters. The van der Waals surface area contributed by atoms with Crippen LogP contribution >= 0.6 is 0 Å². The molecule has 0 bridgehead atoms. The lowest BCUT2D eigenvalue weighted by Gasteiger charge is -2.44. The number of hydrogen-bond donors (Lipinski definition) is 1. The van der Waals surface area contributed by atoms with Crippen molar-refractivity contribution in [2.75, 3.05) is 4.90 Å². The molecule has 2 amide bonds. The van der Waals surface area contributed by atoms with Gasteiger partial charge in [0.25, 0.3) is 5.91 Å². The minimum Gasteiger partial charge on any atom is -0.351 e. The minimum atomic E-state index is -1.07. The highest BCUT2D eigenvalue weighted by Gasteiger charge is 2.50. The van der Waals surface area contributed by atoms with E-state index in [0.717, 1.165) is 48.2 Å². The Hall–Kier alpha value is -2.63. The third kappa shape index (κ3) is 3.96. The van der Waals surface area contributed by atoms with Gasteiger partial charge in [-0.3, -0.25) is 19.2 Å². The van der Waals surface area contributed by atoms with Crippen LogP contribution in [0, 0.1) is 13.8 Å². The summed E-state index contributed by atoms with van der Waals surface area (Å²) in [4.78, 5) is 29.4. The first-order valence-corrected chi connectivity index (χ1v) is 11.8. The third-order valence-electron chi connectivity index (χ3n) is 6.94. The highest BCUT2D eigenvalue weighted by Crippen LogP contribution is 2.36. The Morgan fingerprint density at radius 1 is 1.12 bits per heavy atom. The lowest BCUT2D eigenvalue weighted by Crippen LogP contribution is -2.65. The van der Waals surface area contributed by atoms with Crippen molar-refractivity contribution in [3.05, 3.63) is 46.8 Å². The van der Waals surface area contributed by atoms with Crippen molar-refractivity contribution in [2.24, 2.45) is 0 Å². The topological polar surface area (TPSA) is 67.2 Å². The summed E-state index contributed by atoms with van der Waals surface area (Å²) in [7, 11) is 0. The highest BCUT2D eigenvalue weighted by molar-refractivity contribution is 6.12. The molecule has 1 aromatic carbocycles. The number of carbonyl (C=O) groups is 2. The van der Waals surface area contributed by atoms with Crippen LogP contribution in [0.4, 0.5) is 5.69 Å². The van der Waals surface area contributed by atoms with E-state index in [-0.39, 0.29) is 23.3 Å². The molecule has 2 aliphatic rings. The standard InChI is InChI=1S/C26H36N4O2/c1-17-12-13-20(18(2)14-17)30-23(31)21-15-22(25(3,4)5)28-29(21)16-26(30,6)24(32)27-19-10-8-7-9-11-19/h12-15,19H,7-11,16H2,1-6H3,(H,27,32)/t26-/m1/s1. The number of aromatic nitrogens is 2. The van der Waals surface area contributed by atoms with Crippen LogP contribution in [0.5, 0.6) is 0 Å². The Morgan fingerprint density at radius 2 is 1.81 bits per heavy atom. The van der Waals surface area contributed by atoms with E-state index in [2.05, 4.69) is 32.2 Å². The Labute approximate surface area is 191 Å². The maximum Gasteiger partial charge on any atom is 0.277 e. The molecule has 1 saturated carbocycles. The van der Waals surface area contributed by atoms with E-state index < -0.39 is 5.54 Å². The molecule has 0 radical (unpaired) electrons. The number of anilines is 1. The van der Waals surface area contributed by atoms with Crippen LogP contribution in [0.2, 0.25) is 0 Å². The molecule has 1 fully saturated rings. The fourth-order valence-corrected chi connectivity index (χ4v) is 4.97. The average molecular weight is 437 g/mol. The molecule has 2 aromatic rings. The quantitative estimate of drug-likeness (QED) is 0.761. The zero-order valence-corrected chi connectivity index (χ0v) is 20.3. The molecule has 1 aliphatic carbocycles. The number of fused-ring (bicyclic) bond motifs is 1. The van der Waals surface area contributed by atoms with Crippen LogP contribution in [0.3, 0.4) is 0 Å². The molecular formula is C26H36N4O2. The number of amides is 2. The third-order valence-corrected chi connectivity index (χ3v) is 6.94. The van der Waals surface area contributed by atoms with Gasteiger partial charge in [-0.25, -0.2) is 0 Å². The zero-order valence-electron chi connectivity index (χ0n) is 20.3.